The highest BCUT2D eigenvalue weighted by atomic mass is 16.2. The highest BCUT2D eigenvalue weighted by molar-refractivity contribution is 5.98. The minimum absolute atomic E-state index is 0.153. The van der Waals surface area contributed by atoms with Crippen molar-refractivity contribution in [3.8, 4) is 0 Å². The van der Waals surface area contributed by atoms with Crippen molar-refractivity contribution in [3.63, 3.8) is 0 Å². The normalized spacial score (nSPS) is 15.4. The van der Waals surface area contributed by atoms with E-state index in [9.17, 15) is 9.59 Å². The van der Waals surface area contributed by atoms with E-state index in [1.807, 2.05) is 0 Å². The van der Waals surface area contributed by atoms with Gasteiger partial charge in [-0.05, 0) is 37.3 Å². The topological polar surface area (TPSA) is 71.1 Å². The van der Waals surface area contributed by atoms with Crippen LogP contribution in [0.2, 0.25) is 0 Å². The lowest BCUT2D eigenvalue weighted by molar-refractivity contribution is 0.0922. The Bertz CT molecular complexity index is 537. The Balaban J connectivity index is 1.92. The van der Waals surface area contributed by atoms with E-state index in [0.29, 0.717) is 23.7 Å². The van der Waals surface area contributed by atoms with Gasteiger partial charge in [0.25, 0.3) is 11.8 Å². The van der Waals surface area contributed by atoms with Crippen LogP contribution >= 0.6 is 0 Å². The van der Waals surface area contributed by atoms with Crippen LogP contribution in [0.15, 0.2) is 18.3 Å². The van der Waals surface area contributed by atoms with Gasteiger partial charge in [-0.15, -0.1) is 0 Å². The molecular formula is C18H27N3O2. The molecular weight excluding hydrogens is 290 g/mol. The van der Waals surface area contributed by atoms with Gasteiger partial charge in [-0.2, -0.15) is 0 Å². The number of amides is 2. The van der Waals surface area contributed by atoms with E-state index in [4.69, 9.17) is 0 Å². The molecule has 2 amide bonds. The van der Waals surface area contributed by atoms with E-state index in [-0.39, 0.29) is 17.9 Å². The van der Waals surface area contributed by atoms with Gasteiger partial charge in [-0.3, -0.25) is 14.6 Å². The predicted octanol–water partition coefficient (Wildman–Crippen LogP) is 2.92. The highest BCUT2D eigenvalue weighted by Gasteiger charge is 2.18. The SMILES string of the molecule is CC(C)CCNC(=O)c1ccnc(C(=O)NC2CCCCC2)c1. The molecule has 1 aliphatic rings. The molecule has 126 valence electrons. The Labute approximate surface area is 138 Å². The maximum Gasteiger partial charge on any atom is 0.270 e. The van der Waals surface area contributed by atoms with Crippen LogP contribution < -0.4 is 10.6 Å². The van der Waals surface area contributed by atoms with Gasteiger partial charge in [-0.1, -0.05) is 33.1 Å². The smallest absolute Gasteiger partial charge is 0.270 e. The summed E-state index contributed by atoms with van der Waals surface area (Å²) in [6, 6.07) is 3.45. The van der Waals surface area contributed by atoms with Crippen LogP contribution in [0.3, 0.4) is 0 Å². The fraction of sp³-hybridized carbons (Fsp3) is 0.611. The lowest BCUT2D eigenvalue weighted by Crippen LogP contribution is -2.36. The first-order valence-electron chi connectivity index (χ1n) is 8.61. The molecule has 1 aromatic rings. The first kappa shape index (κ1) is 17.4. The lowest BCUT2D eigenvalue weighted by Gasteiger charge is -2.22. The van der Waals surface area contributed by atoms with Crippen molar-refractivity contribution in [2.45, 2.75) is 58.4 Å². The first-order chi connectivity index (χ1) is 11.1. The average Bonchev–Trinajstić information content (AvgIpc) is 2.55. The second-order valence-corrected chi connectivity index (χ2v) is 6.68. The number of hydrogen-bond acceptors (Lipinski definition) is 3. The fourth-order valence-corrected chi connectivity index (χ4v) is 2.78. The fourth-order valence-electron chi connectivity index (χ4n) is 2.78. The number of carbonyl (C=O) groups excluding carboxylic acids is 2. The number of nitrogens with zero attached hydrogens (tertiary/aromatic N) is 1. The summed E-state index contributed by atoms with van der Waals surface area (Å²) in [5, 5.41) is 5.91. The van der Waals surface area contributed by atoms with Crippen LogP contribution in [0.4, 0.5) is 0 Å². The molecule has 0 unspecified atom stereocenters. The summed E-state index contributed by atoms with van der Waals surface area (Å²) in [6.07, 6.45) is 8.09. The van der Waals surface area contributed by atoms with Crippen LogP contribution in [0.25, 0.3) is 0 Å². The molecule has 1 saturated carbocycles. The maximum atomic E-state index is 12.3. The molecule has 5 nitrogen and oxygen atoms in total. The summed E-state index contributed by atoms with van der Waals surface area (Å²) in [4.78, 5) is 28.5. The number of rotatable bonds is 6. The van der Waals surface area contributed by atoms with E-state index in [1.165, 1.54) is 12.6 Å². The molecule has 1 aromatic heterocycles. The number of carbonyl (C=O) groups is 2. The van der Waals surface area contributed by atoms with Gasteiger partial charge in [0.2, 0.25) is 0 Å². The second-order valence-electron chi connectivity index (χ2n) is 6.68. The molecule has 0 bridgehead atoms. The van der Waals surface area contributed by atoms with Crippen LogP contribution in [0, 0.1) is 5.92 Å². The summed E-state index contributed by atoms with van der Waals surface area (Å²) >= 11 is 0. The zero-order chi connectivity index (χ0) is 16.7. The van der Waals surface area contributed by atoms with Crippen molar-refractivity contribution in [3.05, 3.63) is 29.6 Å². The van der Waals surface area contributed by atoms with Crippen LogP contribution in [0.1, 0.15) is 73.2 Å². The molecule has 1 heterocycles. The molecule has 1 fully saturated rings. The third-order valence-corrected chi connectivity index (χ3v) is 4.20. The minimum Gasteiger partial charge on any atom is -0.352 e. The van der Waals surface area contributed by atoms with Gasteiger partial charge in [-0.25, -0.2) is 0 Å². The Morgan fingerprint density at radius 2 is 1.96 bits per heavy atom. The van der Waals surface area contributed by atoms with Crippen molar-refractivity contribution in [2.24, 2.45) is 5.92 Å². The third-order valence-electron chi connectivity index (χ3n) is 4.20. The Morgan fingerprint density at radius 3 is 2.65 bits per heavy atom. The Morgan fingerprint density at radius 1 is 1.22 bits per heavy atom. The first-order valence-corrected chi connectivity index (χ1v) is 8.61. The summed E-state index contributed by atoms with van der Waals surface area (Å²) in [7, 11) is 0. The summed E-state index contributed by atoms with van der Waals surface area (Å²) in [5.74, 6) is 0.207. The van der Waals surface area contributed by atoms with Crippen LogP contribution in [-0.4, -0.2) is 29.4 Å². The van der Waals surface area contributed by atoms with Crippen molar-refractivity contribution >= 4 is 11.8 Å². The minimum atomic E-state index is -0.186. The largest absolute Gasteiger partial charge is 0.352 e. The zero-order valence-corrected chi connectivity index (χ0v) is 14.1. The van der Waals surface area contributed by atoms with Gasteiger partial charge in [0.05, 0.1) is 0 Å². The molecule has 0 radical (unpaired) electrons. The van der Waals surface area contributed by atoms with E-state index >= 15 is 0 Å². The third kappa shape index (κ3) is 5.66. The van der Waals surface area contributed by atoms with Crippen molar-refractivity contribution in [1.29, 1.82) is 0 Å². The Kier molecular flexibility index (Phi) is 6.56. The van der Waals surface area contributed by atoms with Gasteiger partial charge in [0, 0.05) is 24.3 Å². The van der Waals surface area contributed by atoms with Crippen molar-refractivity contribution in [2.75, 3.05) is 6.54 Å². The predicted molar refractivity (Wildman–Crippen MR) is 90.4 cm³/mol. The molecule has 5 heteroatoms. The van der Waals surface area contributed by atoms with E-state index in [1.54, 1.807) is 12.1 Å². The molecule has 2 N–H and O–H groups in total. The van der Waals surface area contributed by atoms with E-state index in [2.05, 4.69) is 29.5 Å². The van der Waals surface area contributed by atoms with Crippen molar-refractivity contribution < 1.29 is 9.59 Å². The van der Waals surface area contributed by atoms with E-state index < -0.39 is 0 Å². The monoisotopic (exact) mass is 317 g/mol. The summed E-state index contributed by atoms with van der Waals surface area (Å²) < 4.78 is 0. The summed E-state index contributed by atoms with van der Waals surface area (Å²) in [6.45, 7) is 4.88. The van der Waals surface area contributed by atoms with E-state index in [0.717, 1.165) is 32.1 Å². The molecule has 0 aliphatic heterocycles. The molecule has 2 rings (SSSR count). The molecule has 0 aromatic carbocycles. The highest BCUT2D eigenvalue weighted by Crippen LogP contribution is 2.17. The quantitative estimate of drug-likeness (QED) is 0.847. The molecule has 0 spiro atoms. The average molecular weight is 317 g/mol. The molecule has 1 aliphatic carbocycles. The van der Waals surface area contributed by atoms with Gasteiger partial charge in [0.1, 0.15) is 5.69 Å². The standard InChI is InChI=1S/C18H27N3O2/c1-13(2)8-10-20-17(22)14-9-11-19-16(12-14)18(23)21-15-6-4-3-5-7-15/h9,11-13,15H,3-8,10H2,1-2H3,(H,20,22)(H,21,23). The zero-order valence-electron chi connectivity index (χ0n) is 14.1. The van der Waals surface area contributed by atoms with Crippen LogP contribution in [-0.2, 0) is 0 Å². The lowest BCUT2D eigenvalue weighted by atomic mass is 9.95. The number of pyridine rings is 1. The molecule has 0 saturated heterocycles. The number of nitrogens with one attached hydrogen (secondary N) is 2. The van der Waals surface area contributed by atoms with Crippen molar-refractivity contribution in [1.82, 2.24) is 15.6 Å². The van der Waals surface area contributed by atoms with Crippen LogP contribution in [0.5, 0.6) is 0 Å². The van der Waals surface area contributed by atoms with Gasteiger partial charge < -0.3 is 10.6 Å². The second kappa shape index (κ2) is 8.65. The summed E-state index contributed by atoms with van der Waals surface area (Å²) in [5.41, 5.74) is 0.796. The van der Waals surface area contributed by atoms with Gasteiger partial charge >= 0.3 is 0 Å². The number of hydrogen-bond donors (Lipinski definition) is 2. The number of aromatic nitrogens is 1. The molecule has 23 heavy (non-hydrogen) atoms. The van der Waals surface area contributed by atoms with Gasteiger partial charge in [0.15, 0.2) is 0 Å². The molecule has 0 atom stereocenters. The Hall–Kier alpha value is -1.91. The maximum absolute atomic E-state index is 12.3.